The van der Waals surface area contributed by atoms with E-state index in [2.05, 4.69) is 20.0 Å². The molecule has 0 unspecified atom stereocenters. The summed E-state index contributed by atoms with van der Waals surface area (Å²) >= 11 is 0. The predicted molar refractivity (Wildman–Crippen MR) is 111 cm³/mol. The number of allylic oxidation sites excluding steroid dienone is 1. The van der Waals surface area contributed by atoms with Crippen LogP contribution in [0.2, 0.25) is 0 Å². The summed E-state index contributed by atoms with van der Waals surface area (Å²) in [4.78, 5) is 8.89. The van der Waals surface area contributed by atoms with E-state index in [0.717, 1.165) is 11.6 Å². The number of hydrogen-bond donors (Lipinski definition) is 2. The number of nitrogens with zero attached hydrogens (tertiary/aromatic N) is 4. The maximum atomic E-state index is 12.2. The molecule has 0 spiro atoms. The van der Waals surface area contributed by atoms with Gasteiger partial charge in [0.05, 0.1) is 29.8 Å². The van der Waals surface area contributed by atoms with Gasteiger partial charge >= 0.3 is 6.61 Å². The minimum Gasteiger partial charge on any atom is -0.486 e. The lowest BCUT2D eigenvalue weighted by Crippen LogP contribution is -2.38. The molecule has 0 saturated carbocycles. The summed E-state index contributed by atoms with van der Waals surface area (Å²) in [5, 5.41) is 19.7. The van der Waals surface area contributed by atoms with Gasteiger partial charge in [-0.1, -0.05) is 0 Å². The van der Waals surface area contributed by atoms with E-state index in [0.29, 0.717) is 36.0 Å². The summed E-state index contributed by atoms with van der Waals surface area (Å²) in [5.41, 5.74) is 2.03. The van der Waals surface area contributed by atoms with Crippen LogP contribution in [0.5, 0.6) is 5.75 Å². The Hall–Kier alpha value is -4.04. The van der Waals surface area contributed by atoms with Crippen LogP contribution in [-0.4, -0.2) is 46.4 Å². The van der Waals surface area contributed by atoms with Gasteiger partial charge < -0.3 is 19.5 Å². The number of halogens is 2. The first kappa shape index (κ1) is 21.2. The molecule has 0 radical (unpaired) electrons. The number of anilines is 1. The summed E-state index contributed by atoms with van der Waals surface area (Å²) in [7, 11) is 0. The van der Waals surface area contributed by atoms with Crippen molar-refractivity contribution in [3.63, 3.8) is 0 Å². The first-order valence-electron chi connectivity index (χ1n) is 9.54. The normalized spacial score (nSPS) is 14.2. The van der Waals surface area contributed by atoms with Crippen LogP contribution in [0.3, 0.4) is 0 Å². The number of benzene rings is 1. The van der Waals surface area contributed by atoms with Crippen LogP contribution in [0, 0.1) is 16.7 Å². The molecule has 3 heterocycles. The molecule has 1 aliphatic heterocycles. The molecule has 0 bridgehead atoms. The number of nitrogens with one attached hydrogen (secondary N) is 2. The molecule has 0 amide bonds. The third-order valence-corrected chi connectivity index (χ3v) is 4.56. The maximum absolute atomic E-state index is 12.2. The molecular weight excluding hydrogens is 422 g/mol. The fourth-order valence-corrected chi connectivity index (χ4v) is 3.04. The van der Waals surface area contributed by atoms with E-state index >= 15 is 0 Å². The fourth-order valence-electron chi connectivity index (χ4n) is 3.04. The van der Waals surface area contributed by atoms with E-state index in [4.69, 9.17) is 14.9 Å². The van der Waals surface area contributed by atoms with E-state index in [-0.39, 0.29) is 17.5 Å². The first-order chi connectivity index (χ1) is 15.4. The van der Waals surface area contributed by atoms with Crippen LogP contribution < -0.4 is 10.1 Å². The Labute approximate surface area is 181 Å². The predicted octanol–water partition coefficient (Wildman–Crippen LogP) is 3.60. The van der Waals surface area contributed by atoms with Gasteiger partial charge in [-0.15, -0.1) is 0 Å². The van der Waals surface area contributed by atoms with Gasteiger partial charge in [0.2, 0.25) is 5.90 Å². The van der Waals surface area contributed by atoms with Crippen molar-refractivity contribution in [1.82, 2.24) is 14.5 Å². The van der Waals surface area contributed by atoms with E-state index < -0.39 is 12.5 Å². The molecule has 4 rings (SSSR count). The Balaban J connectivity index is 1.60. The Morgan fingerprint density at radius 2 is 2.19 bits per heavy atom. The van der Waals surface area contributed by atoms with Crippen molar-refractivity contribution in [2.24, 2.45) is 0 Å². The zero-order valence-electron chi connectivity index (χ0n) is 16.9. The second kappa shape index (κ2) is 8.99. The maximum Gasteiger partial charge on any atom is 0.388 e. The molecule has 1 aromatic carbocycles. The van der Waals surface area contributed by atoms with Crippen molar-refractivity contribution in [2.45, 2.75) is 19.6 Å². The molecular formula is C21H18F2N6O3. The molecule has 1 saturated heterocycles. The van der Waals surface area contributed by atoms with E-state index in [1.807, 2.05) is 24.3 Å². The zero-order chi connectivity index (χ0) is 22.7. The van der Waals surface area contributed by atoms with Gasteiger partial charge in [0, 0.05) is 17.8 Å². The Morgan fingerprint density at radius 1 is 1.38 bits per heavy atom. The van der Waals surface area contributed by atoms with Gasteiger partial charge in [0.1, 0.15) is 30.1 Å². The van der Waals surface area contributed by atoms with Gasteiger partial charge in [-0.2, -0.15) is 14.0 Å². The smallest absolute Gasteiger partial charge is 0.388 e. The van der Waals surface area contributed by atoms with Crippen molar-refractivity contribution in [3.05, 3.63) is 54.0 Å². The third kappa shape index (κ3) is 4.65. The van der Waals surface area contributed by atoms with Gasteiger partial charge in [-0.25, -0.2) is 9.97 Å². The number of fused-ring (bicyclic) bond motifs is 1. The van der Waals surface area contributed by atoms with Gasteiger partial charge in [0.15, 0.2) is 5.82 Å². The summed E-state index contributed by atoms with van der Waals surface area (Å²) in [5.74, 6) is 0.671. The molecule has 3 aromatic rings. The Morgan fingerprint density at radius 3 is 2.88 bits per heavy atom. The summed E-state index contributed by atoms with van der Waals surface area (Å²) in [6.07, 6.45) is 2.73. The average molecular weight is 440 g/mol. The van der Waals surface area contributed by atoms with E-state index in [1.165, 1.54) is 0 Å². The number of alkyl halides is 2. The van der Waals surface area contributed by atoms with Crippen LogP contribution in [0.1, 0.15) is 12.5 Å². The van der Waals surface area contributed by atoms with Crippen molar-refractivity contribution in [2.75, 3.05) is 18.5 Å². The Kier molecular flexibility index (Phi) is 5.96. The number of imidazole rings is 1. The summed E-state index contributed by atoms with van der Waals surface area (Å²) < 4.78 is 41.2. The minimum atomic E-state index is -3.09. The van der Waals surface area contributed by atoms with Gasteiger partial charge in [-0.3, -0.25) is 9.98 Å². The molecule has 0 aliphatic carbocycles. The molecule has 164 valence electrons. The lowest BCUT2D eigenvalue weighted by molar-refractivity contribution is -0.0796. The summed E-state index contributed by atoms with van der Waals surface area (Å²) in [6, 6.07) is 10.8. The number of rotatable bonds is 7. The number of nitriles is 1. The first-order valence-corrected chi connectivity index (χ1v) is 9.54. The molecule has 9 nitrogen and oxygen atoms in total. The van der Waals surface area contributed by atoms with Crippen molar-refractivity contribution in [1.29, 1.82) is 10.7 Å². The minimum absolute atomic E-state index is 0.0484. The number of aromatic nitrogens is 3. The molecule has 0 atom stereocenters. The van der Waals surface area contributed by atoms with Crippen LogP contribution in [0.4, 0.5) is 14.6 Å². The van der Waals surface area contributed by atoms with Crippen LogP contribution in [0.15, 0.2) is 48.4 Å². The van der Waals surface area contributed by atoms with Gasteiger partial charge in [0.25, 0.3) is 0 Å². The highest BCUT2D eigenvalue weighted by Crippen LogP contribution is 2.25. The van der Waals surface area contributed by atoms with Crippen LogP contribution in [0.25, 0.3) is 16.9 Å². The molecule has 1 fully saturated rings. The standard InChI is InChI=1S/C21H18F2N6O3/c1-12(6-18(25)32-21(22)23)27-20-13(8-24)2-5-19(28-20)29-11-26-16-7-14(3-4-17(16)29)31-15-9-30-10-15/h2-7,11,15,21,25H,9-10H2,1H3,(H,27,28)/b12-6-,25-18?. The second-order valence-electron chi connectivity index (χ2n) is 6.91. The molecule has 2 aromatic heterocycles. The number of ether oxygens (including phenoxy) is 3. The topological polar surface area (TPSA) is 118 Å². The molecule has 11 heteroatoms. The van der Waals surface area contributed by atoms with Crippen LogP contribution in [-0.2, 0) is 9.47 Å². The van der Waals surface area contributed by atoms with E-state index in [9.17, 15) is 14.0 Å². The molecule has 1 aliphatic rings. The number of pyridine rings is 1. The molecule has 2 N–H and O–H groups in total. The third-order valence-electron chi connectivity index (χ3n) is 4.56. The van der Waals surface area contributed by atoms with Crippen LogP contribution >= 0.6 is 0 Å². The SMILES string of the molecule is C/C(=C/C(=N)OC(F)F)Nc1nc(-n2cnc3cc(OC4COC4)ccc32)ccc1C#N. The lowest BCUT2D eigenvalue weighted by Gasteiger charge is -2.26. The highest BCUT2D eigenvalue weighted by atomic mass is 19.3. The lowest BCUT2D eigenvalue weighted by atomic mass is 10.2. The zero-order valence-corrected chi connectivity index (χ0v) is 16.9. The van der Waals surface area contributed by atoms with Crippen molar-refractivity contribution in [3.8, 4) is 17.6 Å². The number of hydrogen-bond acceptors (Lipinski definition) is 8. The van der Waals surface area contributed by atoms with Gasteiger partial charge in [-0.05, 0) is 31.2 Å². The summed E-state index contributed by atoms with van der Waals surface area (Å²) in [6.45, 7) is -0.414. The highest BCUT2D eigenvalue weighted by molar-refractivity contribution is 5.86. The highest BCUT2D eigenvalue weighted by Gasteiger charge is 2.20. The quantitative estimate of drug-likeness (QED) is 0.426. The monoisotopic (exact) mass is 440 g/mol. The Bertz CT molecular complexity index is 1230. The van der Waals surface area contributed by atoms with E-state index in [1.54, 1.807) is 30.0 Å². The fraction of sp³-hybridized carbons (Fsp3) is 0.238. The van der Waals surface area contributed by atoms with Crippen molar-refractivity contribution >= 4 is 22.7 Å². The van der Waals surface area contributed by atoms with Crippen molar-refractivity contribution < 1.29 is 23.0 Å². The molecule has 32 heavy (non-hydrogen) atoms. The second-order valence-corrected chi connectivity index (χ2v) is 6.91. The largest absolute Gasteiger partial charge is 0.486 e. The average Bonchev–Trinajstić information content (AvgIpc) is 3.13.